The molecule has 0 radical (unpaired) electrons. The van der Waals surface area contributed by atoms with Crippen molar-refractivity contribution >= 4 is 0 Å². The molecule has 1 spiro atoms. The highest BCUT2D eigenvalue weighted by Crippen LogP contribution is 2.52. The first-order valence-electron chi connectivity index (χ1n) is 4.73. The zero-order valence-corrected chi connectivity index (χ0v) is 8.30. The summed E-state index contributed by atoms with van der Waals surface area (Å²) in [6.45, 7) is 11.9. The molecule has 2 heteroatoms. The van der Waals surface area contributed by atoms with Gasteiger partial charge in [0.05, 0.1) is 16.9 Å². The number of hydrogen-bond acceptors (Lipinski definition) is 2. The second-order valence-electron chi connectivity index (χ2n) is 4.18. The molecule has 0 bridgehead atoms. The standard InChI is InChI=1S/C11H16O2/c1-7-5-11(9(3)12-7)6-8(2)13-10(11)4/h9-10H,1-2,5-6H2,3-4H3/t9-,10-,11?/m1/s1. The molecule has 72 valence electrons. The van der Waals surface area contributed by atoms with E-state index in [4.69, 9.17) is 9.47 Å². The van der Waals surface area contributed by atoms with Crippen LogP contribution in [0.1, 0.15) is 26.7 Å². The topological polar surface area (TPSA) is 18.5 Å². The molecular weight excluding hydrogens is 164 g/mol. The Hall–Kier alpha value is -0.920. The van der Waals surface area contributed by atoms with Gasteiger partial charge in [0.25, 0.3) is 0 Å². The number of allylic oxidation sites excluding steroid dienone is 2. The van der Waals surface area contributed by atoms with Crippen LogP contribution in [0.25, 0.3) is 0 Å². The molecule has 0 N–H and O–H groups in total. The van der Waals surface area contributed by atoms with E-state index in [9.17, 15) is 0 Å². The van der Waals surface area contributed by atoms with E-state index in [1.807, 2.05) is 0 Å². The summed E-state index contributed by atoms with van der Waals surface area (Å²) in [5.41, 5.74) is 0.105. The summed E-state index contributed by atoms with van der Waals surface area (Å²) >= 11 is 0. The molecule has 13 heavy (non-hydrogen) atoms. The van der Waals surface area contributed by atoms with Crippen molar-refractivity contribution in [1.29, 1.82) is 0 Å². The summed E-state index contributed by atoms with van der Waals surface area (Å²) in [5.74, 6) is 1.77. The molecule has 0 unspecified atom stereocenters. The van der Waals surface area contributed by atoms with Crippen LogP contribution in [0.15, 0.2) is 24.7 Å². The summed E-state index contributed by atoms with van der Waals surface area (Å²) in [5, 5.41) is 0. The second kappa shape index (κ2) is 2.53. The van der Waals surface area contributed by atoms with Gasteiger partial charge in [0.1, 0.15) is 12.2 Å². The molecule has 2 aliphatic rings. The third-order valence-electron chi connectivity index (χ3n) is 3.36. The van der Waals surface area contributed by atoms with Gasteiger partial charge in [0, 0.05) is 12.8 Å². The lowest BCUT2D eigenvalue weighted by Crippen LogP contribution is -2.35. The van der Waals surface area contributed by atoms with Crippen LogP contribution in [0.2, 0.25) is 0 Å². The number of rotatable bonds is 0. The average Bonchev–Trinajstić information content (AvgIpc) is 2.40. The molecule has 0 aromatic heterocycles. The molecule has 0 saturated carbocycles. The maximum Gasteiger partial charge on any atom is 0.105 e. The van der Waals surface area contributed by atoms with E-state index in [0.717, 1.165) is 24.4 Å². The van der Waals surface area contributed by atoms with Crippen molar-refractivity contribution in [3.05, 3.63) is 24.7 Å². The fraction of sp³-hybridized carbons (Fsp3) is 0.636. The van der Waals surface area contributed by atoms with Crippen molar-refractivity contribution in [2.75, 3.05) is 0 Å². The molecule has 2 aliphatic heterocycles. The van der Waals surface area contributed by atoms with Crippen LogP contribution < -0.4 is 0 Å². The van der Waals surface area contributed by atoms with Gasteiger partial charge in [-0.3, -0.25) is 0 Å². The Labute approximate surface area is 79.2 Å². The van der Waals surface area contributed by atoms with Gasteiger partial charge >= 0.3 is 0 Å². The summed E-state index contributed by atoms with van der Waals surface area (Å²) in [7, 11) is 0. The Morgan fingerprint density at radius 2 is 1.46 bits per heavy atom. The molecule has 0 aromatic rings. The summed E-state index contributed by atoms with van der Waals surface area (Å²) in [4.78, 5) is 0. The number of ether oxygens (including phenoxy) is 2. The van der Waals surface area contributed by atoms with E-state index in [0.29, 0.717) is 0 Å². The van der Waals surface area contributed by atoms with Crippen LogP contribution in [-0.2, 0) is 9.47 Å². The molecule has 2 nitrogen and oxygen atoms in total. The highest BCUT2D eigenvalue weighted by atomic mass is 16.5. The highest BCUT2D eigenvalue weighted by molar-refractivity contribution is 5.14. The fourth-order valence-corrected chi connectivity index (χ4v) is 2.52. The molecule has 2 fully saturated rings. The van der Waals surface area contributed by atoms with Gasteiger partial charge in [-0.2, -0.15) is 0 Å². The molecule has 2 rings (SSSR count). The van der Waals surface area contributed by atoms with Crippen molar-refractivity contribution in [2.24, 2.45) is 5.41 Å². The molecule has 0 aliphatic carbocycles. The molecule has 2 heterocycles. The molecule has 2 atom stereocenters. The van der Waals surface area contributed by atoms with Gasteiger partial charge in [-0.25, -0.2) is 0 Å². The number of hydrogen-bond donors (Lipinski definition) is 0. The first-order chi connectivity index (χ1) is 6.04. The van der Waals surface area contributed by atoms with Crippen molar-refractivity contribution in [2.45, 2.75) is 38.9 Å². The van der Waals surface area contributed by atoms with Gasteiger partial charge in [0.15, 0.2) is 0 Å². The van der Waals surface area contributed by atoms with Crippen molar-refractivity contribution in [3.63, 3.8) is 0 Å². The van der Waals surface area contributed by atoms with Gasteiger partial charge in [-0.05, 0) is 13.8 Å². The lowest BCUT2D eigenvalue weighted by atomic mass is 9.75. The Kier molecular flexibility index (Phi) is 1.69. The van der Waals surface area contributed by atoms with Gasteiger partial charge in [-0.15, -0.1) is 0 Å². The summed E-state index contributed by atoms with van der Waals surface area (Å²) in [6.07, 6.45) is 2.23. The largest absolute Gasteiger partial charge is 0.495 e. The summed E-state index contributed by atoms with van der Waals surface area (Å²) in [6, 6.07) is 0. The van der Waals surface area contributed by atoms with E-state index in [1.165, 1.54) is 0 Å². The van der Waals surface area contributed by atoms with E-state index in [1.54, 1.807) is 0 Å². The minimum absolute atomic E-state index is 0.105. The highest BCUT2D eigenvalue weighted by Gasteiger charge is 2.53. The predicted octanol–water partition coefficient (Wildman–Crippen LogP) is 2.62. The molecule has 2 saturated heterocycles. The Balaban J connectivity index is 2.29. The van der Waals surface area contributed by atoms with Crippen LogP contribution in [0.5, 0.6) is 0 Å². The van der Waals surface area contributed by atoms with Crippen molar-refractivity contribution in [3.8, 4) is 0 Å². The van der Waals surface area contributed by atoms with Crippen molar-refractivity contribution < 1.29 is 9.47 Å². The third-order valence-corrected chi connectivity index (χ3v) is 3.36. The van der Waals surface area contributed by atoms with Crippen molar-refractivity contribution in [1.82, 2.24) is 0 Å². The minimum atomic E-state index is 0.105. The van der Waals surface area contributed by atoms with E-state index < -0.39 is 0 Å². The SMILES string of the molecule is C=C1CC2(CC(=C)O[C@@H]2C)[C@@H](C)O1. The van der Waals surface area contributed by atoms with Crippen LogP contribution >= 0.6 is 0 Å². The average molecular weight is 180 g/mol. The monoisotopic (exact) mass is 180 g/mol. The molecule has 0 amide bonds. The van der Waals surface area contributed by atoms with Gasteiger partial charge < -0.3 is 9.47 Å². The Morgan fingerprint density at radius 1 is 1.08 bits per heavy atom. The normalized spacial score (nSPS) is 36.5. The van der Waals surface area contributed by atoms with E-state index in [2.05, 4.69) is 27.0 Å². The van der Waals surface area contributed by atoms with E-state index >= 15 is 0 Å². The lowest BCUT2D eigenvalue weighted by molar-refractivity contribution is 0.0268. The van der Waals surface area contributed by atoms with Crippen LogP contribution in [0, 0.1) is 5.41 Å². The van der Waals surface area contributed by atoms with Gasteiger partial charge in [-0.1, -0.05) is 13.2 Å². The Morgan fingerprint density at radius 3 is 1.69 bits per heavy atom. The van der Waals surface area contributed by atoms with Crippen LogP contribution in [0.3, 0.4) is 0 Å². The third kappa shape index (κ3) is 1.08. The van der Waals surface area contributed by atoms with Crippen LogP contribution in [-0.4, -0.2) is 12.2 Å². The zero-order chi connectivity index (χ0) is 9.64. The summed E-state index contributed by atoms with van der Waals surface area (Å²) < 4.78 is 11.2. The maximum absolute atomic E-state index is 5.60. The molecular formula is C11H16O2. The fourth-order valence-electron chi connectivity index (χ4n) is 2.52. The Bertz CT molecular complexity index is 239. The second-order valence-corrected chi connectivity index (χ2v) is 4.18. The van der Waals surface area contributed by atoms with Gasteiger partial charge in [0.2, 0.25) is 0 Å². The predicted molar refractivity (Wildman–Crippen MR) is 51.0 cm³/mol. The first kappa shape index (κ1) is 8.67. The molecule has 0 aromatic carbocycles. The maximum atomic E-state index is 5.60. The zero-order valence-electron chi connectivity index (χ0n) is 8.30. The minimum Gasteiger partial charge on any atom is -0.495 e. The quantitative estimate of drug-likeness (QED) is 0.570. The lowest BCUT2D eigenvalue weighted by Gasteiger charge is -2.27. The van der Waals surface area contributed by atoms with Crippen LogP contribution in [0.4, 0.5) is 0 Å². The van der Waals surface area contributed by atoms with E-state index in [-0.39, 0.29) is 17.6 Å². The first-order valence-corrected chi connectivity index (χ1v) is 4.73. The smallest absolute Gasteiger partial charge is 0.105 e.